The number of amides is 1. The van der Waals surface area contributed by atoms with E-state index in [0.29, 0.717) is 23.6 Å². The van der Waals surface area contributed by atoms with E-state index in [1.54, 1.807) is 51.6 Å². The van der Waals surface area contributed by atoms with E-state index in [1.165, 1.54) is 12.3 Å². The van der Waals surface area contributed by atoms with Crippen molar-refractivity contribution in [3.63, 3.8) is 0 Å². The standard InChI is InChI=1S/C20H23B2F3N8O2/c1-10-17(34)29-14-15(19(21,22)35)30-18(31-16(14)32(10)2)27-6-12-7-28-33(9-12)8-11-3-4-13(26-5-11)20(23,24)25/h3-5,7,9-10,35H,6,8,21-22H2,1-2H3,(H,29,34)(H,27,30,31)/t10-/m0/s1. The van der Waals surface area contributed by atoms with Gasteiger partial charge in [0.25, 0.3) is 0 Å². The van der Waals surface area contributed by atoms with Gasteiger partial charge in [-0.1, -0.05) is 6.07 Å². The SMILES string of the molecule is BC(B)(O)c1nc(NCc2cnn(Cc3ccc(C(F)(F)F)nc3)c2)nc2c1NC(=O)[C@H](C)N2C. The maximum Gasteiger partial charge on any atom is 0.433 e. The molecule has 182 valence electrons. The predicted octanol–water partition coefficient (Wildman–Crippen LogP) is -0.107. The van der Waals surface area contributed by atoms with Gasteiger partial charge in [-0.15, -0.1) is 0 Å². The summed E-state index contributed by atoms with van der Waals surface area (Å²) >= 11 is 0. The molecule has 0 radical (unpaired) electrons. The quantitative estimate of drug-likeness (QED) is 0.414. The average molecular weight is 486 g/mol. The molecule has 0 aromatic carbocycles. The number of halogens is 3. The number of pyridine rings is 1. The van der Waals surface area contributed by atoms with Gasteiger partial charge in [-0.3, -0.25) is 14.5 Å². The number of carbonyl (C=O) groups is 1. The summed E-state index contributed by atoms with van der Waals surface area (Å²) in [6.07, 6.45) is 0.0613. The van der Waals surface area contributed by atoms with Crippen molar-refractivity contribution in [3.8, 4) is 0 Å². The Hall–Kier alpha value is -3.61. The number of aromatic nitrogens is 5. The highest BCUT2D eigenvalue weighted by atomic mass is 19.4. The molecule has 3 aromatic heterocycles. The molecular weight excluding hydrogens is 463 g/mol. The third-order valence-corrected chi connectivity index (χ3v) is 5.61. The Morgan fingerprint density at radius 3 is 2.57 bits per heavy atom. The van der Waals surface area contributed by atoms with Crippen LogP contribution in [0.1, 0.15) is 29.4 Å². The molecule has 4 heterocycles. The summed E-state index contributed by atoms with van der Waals surface area (Å²) < 4.78 is 39.6. The summed E-state index contributed by atoms with van der Waals surface area (Å²) in [6.45, 7) is 2.31. The van der Waals surface area contributed by atoms with Crippen molar-refractivity contribution < 1.29 is 23.1 Å². The second-order valence-corrected chi connectivity index (χ2v) is 8.88. The average Bonchev–Trinajstić information content (AvgIpc) is 3.22. The summed E-state index contributed by atoms with van der Waals surface area (Å²) in [5.41, 5.74) is 1.06. The highest BCUT2D eigenvalue weighted by Crippen LogP contribution is 2.35. The van der Waals surface area contributed by atoms with Crippen molar-refractivity contribution in [1.82, 2.24) is 24.7 Å². The smallest absolute Gasteiger partial charge is 0.402 e. The van der Waals surface area contributed by atoms with Gasteiger partial charge in [-0.2, -0.15) is 23.3 Å². The molecule has 0 saturated carbocycles. The van der Waals surface area contributed by atoms with Crippen LogP contribution in [0.2, 0.25) is 0 Å². The second kappa shape index (κ2) is 8.87. The molecule has 3 N–H and O–H groups in total. The Labute approximate surface area is 200 Å². The maximum atomic E-state index is 12.7. The van der Waals surface area contributed by atoms with Gasteiger partial charge in [0.15, 0.2) is 5.82 Å². The summed E-state index contributed by atoms with van der Waals surface area (Å²) in [7, 11) is 4.89. The fraction of sp³-hybridized carbons (Fsp3) is 0.350. The van der Waals surface area contributed by atoms with Gasteiger partial charge < -0.3 is 20.6 Å². The zero-order chi connectivity index (χ0) is 25.5. The third kappa shape index (κ3) is 5.24. The van der Waals surface area contributed by atoms with Crippen LogP contribution in [0.15, 0.2) is 30.7 Å². The summed E-state index contributed by atoms with van der Waals surface area (Å²) in [6, 6.07) is 1.86. The second-order valence-electron chi connectivity index (χ2n) is 8.88. The molecule has 10 nitrogen and oxygen atoms in total. The first-order valence-corrected chi connectivity index (χ1v) is 10.8. The Kier molecular flexibility index (Phi) is 6.21. The Balaban J connectivity index is 1.49. The number of fused-ring (bicyclic) bond motifs is 1. The minimum Gasteiger partial charge on any atom is -0.402 e. The van der Waals surface area contributed by atoms with E-state index in [-0.39, 0.29) is 24.1 Å². The molecule has 0 aliphatic carbocycles. The minimum absolute atomic E-state index is 0.217. The van der Waals surface area contributed by atoms with E-state index in [2.05, 4.69) is 30.7 Å². The molecule has 15 heteroatoms. The highest BCUT2D eigenvalue weighted by Gasteiger charge is 2.35. The number of aliphatic hydroxyl groups is 1. The molecule has 4 rings (SSSR count). The van der Waals surface area contributed by atoms with Gasteiger partial charge >= 0.3 is 6.18 Å². The van der Waals surface area contributed by atoms with Crippen molar-refractivity contribution in [2.24, 2.45) is 0 Å². The molecule has 0 fully saturated rings. The van der Waals surface area contributed by atoms with E-state index in [0.717, 1.165) is 11.6 Å². The molecule has 35 heavy (non-hydrogen) atoms. The lowest BCUT2D eigenvalue weighted by Crippen LogP contribution is -2.46. The number of rotatable bonds is 6. The first kappa shape index (κ1) is 24.5. The van der Waals surface area contributed by atoms with Crippen molar-refractivity contribution in [3.05, 3.63) is 53.2 Å². The number of nitrogens with one attached hydrogen (secondary N) is 2. The van der Waals surface area contributed by atoms with E-state index < -0.39 is 23.3 Å². The zero-order valence-electron chi connectivity index (χ0n) is 19.6. The fourth-order valence-corrected chi connectivity index (χ4v) is 3.57. The molecule has 1 amide bonds. The van der Waals surface area contributed by atoms with Crippen molar-refractivity contribution in [1.29, 1.82) is 0 Å². The van der Waals surface area contributed by atoms with Crippen LogP contribution in [0, 0.1) is 0 Å². The van der Waals surface area contributed by atoms with Crippen molar-refractivity contribution in [2.75, 3.05) is 22.6 Å². The van der Waals surface area contributed by atoms with Crippen LogP contribution in [0.25, 0.3) is 0 Å². The first-order valence-electron chi connectivity index (χ1n) is 10.8. The maximum absolute atomic E-state index is 12.7. The monoisotopic (exact) mass is 486 g/mol. The molecular formula is C20H23B2F3N8O2. The molecule has 1 aliphatic rings. The first-order chi connectivity index (χ1) is 16.3. The van der Waals surface area contributed by atoms with E-state index in [9.17, 15) is 23.1 Å². The van der Waals surface area contributed by atoms with E-state index in [4.69, 9.17) is 0 Å². The van der Waals surface area contributed by atoms with Gasteiger partial charge in [-0.25, -0.2) is 4.98 Å². The van der Waals surface area contributed by atoms with Gasteiger partial charge in [0.1, 0.15) is 33.1 Å². The third-order valence-electron chi connectivity index (χ3n) is 5.61. The predicted molar refractivity (Wildman–Crippen MR) is 127 cm³/mol. The zero-order valence-corrected chi connectivity index (χ0v) is 19.6. The lowest BCUT2D eigenvalue weighted by molar-refractivity contribution is -0.141. The molecule has 1 atom stereocenters. The molecule has 1 aliphatic heterocycles. The van der Waals surface area contributed by atoms with E-state index in [1.807, 2.05) is 0 Å². The Bertz CT molecular complexity index is 1240. The number of alkyl halides is 3. The number of carbonyl (C=O) groups excluding carboxylic acids is 1. The van der Waals surface area contributed by atoms with E-state index >= 15 is 0 Å². The van der Waals surface area contributed by atoms with Crippen LogP contribution in [-0.2, 0) is 29.5 Å². The Morgan fingerprint density at radius 1 is 1.20 bits per heavy atom. The summed E-state index contributed by atoms with van der Waals surface area (Å²) in [5.74, 6) is 0.526. The largest absolute Gasteiger partial charge is 0.433 e. The number of likely N-dealkylation sites (N-methyl/N-ethyl adjacent to an activating group) is 1. The summed E-state index contributed by atoms with van der Waals surface area (Å²) in [4.78, 5) is 26.4. The lowest BCUT2D eigenvalue weighted by Gasteiger charge is -2.34. The normalized spacial score (nSPS) is 16.1. The lowest BCUT2D eigenvalue weighted by atomic mass is 9.63. The van der Waals surface area contributed by atoms with Crippen LogP contribution in [0.5, 0.6) is 0 Å². The van der Waals surface area contributed by atoms with Gasteiger partial charge in [0.05, 0.1) is 18.4 Å². The van der Waals surface area contributed by atoms with Gasteiger partial charge in [-0.05, 0) is 18.6 Å². The summed E-state index contributed by atoms with van der Waals surface area (Å²) in [5, 5.41) is 19.4. The van der Waals surface area contributed by atoms with Crippen LogP contribution >= 0.6 is 0 Å². The number of nitrogens with zero attached hydrogens (tertiary/aromatic N) is 6. The van der Waals surface area contributed by atoms with Crippen LogP contribution in [0.3, 0.4) is 0 Å². The van der Waals surface area contributed by atoms with Crippen LogP contribution in [-0.4, -0.2) is 64.5 Å². The topological polar surface area (TPSA) is 121 Å². The van der Waals surface area contributed by atoms with Gasteiger partial charge in [0.2, 0.25) is 11.9 Å². The fourth-order valence-electron chi connectivity index (χ4n) is 3.57. The molecule has 0 saturated heterocycles. The van der Waals surface area contributed by atoms with Crippen molar-refractivity contribution in [2.45, 2.75) is 37.6 Å². The van der Waals surface area contributed by atoms with Crippen molar-refractivity contribution >= 4 is 39.1 Å². The minimum atomic E-state index is -4.48. The number of hydrogen-bond donors (Lipinski definition) is 3. The molecule has 0 spiro atoms. The van der Waals surface area contributed by atoms with Crippen LogP contribution in [0.4, 0.5) is 30.6 Å². The highest BCUT2D eigenvalue weighted by molar-refractivity contribution is 6.39. The molecule has 0 unspecified atom stereocenters. The molecule has 0 bridgehead atoms. The Morgan fingerprint density at radius 2 is 1.94 bits per heavy atom. The van der Waals surface area contributed by atoms with Crippen LogP contribution < -0.4 is 15.5 Å². The molecule has 3 aromatic rings. The number of anilines is 3. The number of hydrogen-bond acceptors (Lipinski definition) is 8. The van der Waals surface area contributed by atoms with Gasteiger partial charge in [0, 0.05) is 36.9 Å².